The minimum atomic E-state index is -0.287. The normalized spacial score (nSPS) is 15.7. The maximum absolute atomic E-state index is 11.6. The van der Waals surface area contributed by atoms with Gasteiger partial charge in [0.1, 0.15) is 0 Å². The lowest BCUT2D eigenvalue weighted by Crippen LogP contribution is -2.07. The van der Waals surface area contributed by atoms with Crippen LogP contribution in [0, 0.1) is 0 Å². The van der Waals surface area contributed by atoms with Crippen LogP contribution in [0.3, 0.4) is 0 Å². The highest BCUT2D eigenvalue weighted by molar-refractivity contribution is 5.92. The summed E-state index contributed by atoms with van der Waals surface area (Å²) in [4.78, 5) is 11.6. The van der Waals surface area contributed by atoms with Gasteiger partial charge < -0.3 is 14.2 Å². The van der Waals surface area contributed by atoms with Crippen LogP contribution < -0.4 is 9.47 Å². The monoisotopic (exact) mass is 276 g/mol. The van der Waals surface area contributed by atoms with Gasteiger partial charge >= 0.3 is 5.97 Å². The van der Waals surface area contributed by atoms with Crippen molar-refractivity contribution in [2.45, 2.75) is 26.2 Å². The number of hydrogen-bond acceptors (Lipinski definition) is 4. The molecule has 4 heteroatoms. The van der Waals surface area contributed by atoms with E-state index in [4.69, 9.17) is 14.2 Å². The summed E-state index contributed by atoms with van der Waals surface area (Å²) in [5.41, 5.74) is 3.25. The van der Waals surface area contributed by atoms with Gasteiger partial charge in [-0.25, -0.2) is 4.79 Å². The third-order valence-electron chi connectivity index (χ3n) is 3.43. The average Bonchev–Trinajstić information content (AvgIpc) is 2.46. The molecule has 0 N–H and O–H groups in total. The molecular weight excluding hydrogens is 256 g/mol. The molecule has 0 spiro atoms. The summed E-state index contributed by atoms with van der Waals surface area (Å²) in [6, 6.07) is 3.94. The largest absolute Gasteiger partial charge is 0.493 e. The minimum absolute atomic E-state index is 0.287. The van der Waals surface area contributed by atoms with Crippen molar-refractivity contribution in [1.82, 2.24) is 0 Å². The van der Waals surface area contributed by atoms with Crippen molar-refractivity contribution in [1.29, 1.82) is 0 Å². The van der Waals surface area contributed by atoms with Gasteiger partial charge in [-0.2, -0.15) is 0 Å². The van der Waals surface area contributed by atoms with Crippen LogP contribution in [0.1, 0.15) is 30.9 Å². The first-order chi connectivity index (χ1) is 9.69. The van der Waals surface area contributed by atoms with E-state index in [-0.39, 0.29) is 5.97 Å². The highest BCUT2D eigenvalue weighted by atomic mass is 16.5. The number of benzene rings is 1. The first-order valence-corrected chi connectivity index (χ1v) is 6.82. The van der Waals surface area contributed by atoms with E-state index in [1.165, 1.54) is 5.56 Å². The molecule has 0 atom stereocenters. The molecule has 1 aromatic carbocycles. The van der Waals surface area contributed by atoms with Crippen LogP contribution in [0.25, 0.3) is 5.57 Å². The predicted octanol–water partition coefficient (Wildman–Crippen LogP) is 2.99. The summed E-state index contributed by atoms with van der Waals surface area (Å²) in [6.45, 7) is 2.19. The highest BCUT2D eigenvalue weighted by Gasteiger charge is 2.19. The van der Waals surface area contributed by atoms with E-state index in [2.05, 4.69) is 0 Å². The quantitative estimate of drug-likeness (QED) is 0.626. The maximum Gasteiger partial charge on any atom is 0.331 e. The predicted molar refractivity (Wildman–Crippen MR) is 77.1 cm³/mol. The summed E-state index contributed by atoms with van der Waals surface area (Å²) in [5.74, 6) is 1.12. The molecule has 1 aliphatic rings. The van der Waals surface area contributed by atoms with Crippen molar-refractivity contribution in [2.24, 2.45) is 0 Å². The van der Waals surface area contributed by atoms with Crippen LogP contribution in [0.2, 0.25) is 0 Å². The first kappa shape index (κ1) is 14.4. The van der Waals surface area contributed by atoms with E-state index < -0.39 is 0 Å². The van der Waals surface area contributed by atoms with Crippen LogP contribution in [0.5, 0.6) is 11.5 Å². The molecule has 0 radical (unpaired) electrons. The Balaban J connectivity index is 2.42. The summed E-state index contributed by atoms with van der Waals surface area (Å²) in [6.07, 6.45) is 4.47. The Morgan fingerprint density at radius 3 is 2.55 bits per heavy atom. The van der Waals surface area contributed by atoms with E-state index in [0.717, 1.165) is 36.1 Å². The Morgan fingerprint density at radius 2 is 1.90 bits per heavy atom. The van der Waals surface area contributed by atoms with Crippen molar-refractivity contribution < 1.29 is 19.0 Å². The van der Waals surface area contributed by atoms with Gasteiger partial charge in [-0.3, -0.25) is 0 Å². The fraction of sp³-hybridized carbons (Fsp3) is 0.438. The summed E-state index contributed by atoms with van der Waals surface area (Å²) < 4.78 is 15.6. The minimum Gasteiger partial charge on any atom is -0.493 e. The van der Waals surface area contributed by atoms with Gasteiger partial charge in [-0.1, -0.05) is 0 Å². The summed E-state index contributed by atoms with van der Waals surface area (Å²) in [5, 5.41) is 0. The summed E-state index contributed by atoms with van der Waals surface area (Å²) >= 11 is 0. The number of ether oxygens (including phenoxy) is 3. The van der Waals surface area contributed by atoms with Crippen molar-refractivity contribution in [2.75, 3.05) is 20.8 Å². The molecule has 0 saturated carbocycles. The van der Waals surface area contributed by atoms with Gasteiger partial charge in [0.25, 0.3) is 0 Å². The Morgan fingerprint density at radius 1 is 1.20 bits per heavy atom. The lowest BCUT2D eigenvalue weighted by atomic mass is 9.86. The van der Waals surface area contributed by atoms with Crippen molar-refractivity contribution >= 4 is 11.5 Å². The van der Waals surface area contributed by atoms with Gasteiger partial charge in [0.05, 0.1) is 20.8 Å². The lowest BCUT2D eigenvalue weighted by molar-refractivity contribution is -0.137. The molecule has 0 bridgehead atoms. The number of hydrogen-bond donors (Lipinski definition) is 0. The molecule has 0 aromatic heterocycles. The molecule has 108 valence electrons. The van der Waals surface area contributed by atoms with Crippen molar-refractivity contribution in [3.63, 3.8) is 0 Å². The van der Waals surface area contributed by atoms with Gasteiger partial charge in [0.2, 0.25) is 0 Å². The van der Waals surface area contributed by atoms with Crippen LogP contribution in [0.15, 0.2) is 18.2 Å². The van der Waals surface area contributed by atoms with Gasteiger partial charge in [-0.15, -0.1) is 0 Å². The number of methoxy groups -OCH3 is 2. The Kier molecular flexibility index (Phi) is 4.66. The first-order valence-electron chi connectivity index (χ1n) is 6.82. The molecule has 0 fully saturated rings. The van der Waals surface area contributed by atoms with Crippen LogP contribution in [-0.4, -0.2) is 26.8 Å². The molecule has 4 nitrogen and oxygen atoms in total. The van der Waals surface area contributed by atoms with E-state index in [9.17, 15) is 4.79 Å². The summed E-state index contributed by atoms with van der Waals surface area (Å²) in [7, 11) is 3.24. The molecule has 0 saturated heterocycles. The molecular formula is C16H20O4. The molecule has 0 aliphatic heterocycles. The Bertz CT molecular complexity index is 532. The van der Waals surface area contributed by atoms with Crippen molar-refractivity contribution in [3.8, 4) is 11.5 Å². The fourth-order valence-corrected chi connectivity index (χ4v) is 2.51. The van der Waals surface area contributed by atoms with Gasteiger partial charge in [-0.05, 0) is 55.0 Å². The van der Waals surface area contributed by atoms with Crippen LogP contribution in [0.4, 0.5) is 0 Å². The van der Waals surface area contributed by atoms with Crippen LogP contribution in [-0.2, 0) is 16.0 Å². The standard InChI is InChI=1S/C16H20O4/c1-4-20-16(17)9-12-7-5-6-11-8-14(18-2)15(19-3)10-13(11)12/h8-10H,4-7H2,1-3H3/b12-9+. The van der Waals surface area contributed by atoms with Gasteiger partial charge in [0.15, 0.2) is 11.5 Å². The SMILES string of the molecule is CCOC(=O)/C=C1\CCCc2cc(OC)c(OC)cc21. The average molecular weight is 276 g/mol. The highest BCUT2D eigenvalue weighted by Crippen LogP contribution is 2.38. The molecule has 1 aliphatic carbocycles. The Labute approximate surface area is 119 Å². The number of carbonyl (C=O) groups is 1. The second kappa shape index (κ2) is 6.46. The molecule has 0 heterocycles. The molecule has 20 heavy (non-hydrogen) atoms. The number of carbonyl (C=O) groups excluding carboxylic acids is 1. The third kappa shape index (κ3) is 2.95. The van der Waals surface area contributed by atoms with E-state index in [1.807, 2.05) is 12.1 Å². The maximum atomic E-state index is 11.6. The molecule has 0 amide bonds. The molecule has 1 aromatic rings. The topological polar surface area (TPSA) is 44.8 Å². The number of fused-ring (bicyclic) bond motifs is 1. The zero-order chi connectivity index (χ0) is 14.5. The zero-order valence-electron chi connectivity index (χ0n) is 12.2. The second-order valence-electron chi connectivity index (χ2n) is 4.64. The number of rotatable bonds is 4. The molecule has 2 rings (SSSR count). The Hall–Kier alpha value is -1.97. The second-order valence-corrected chi connectivity index (χ2v) is 4.64. The number of allylic oxidation sites excluding steroid dienone is 1. The third-order valence-corrected chi connectivity index (χ3v) is 3.43. The number of esters is 1. The van der Waals surface area contributed by atoms with E-state index in [1.54, 1.807) is 27.2 Å². The smallest absolute Gasteiger partial charge is 0.331 e. The lowest BCUT2D eigenvalue weighted by Gasteiger charge is -2.21. The fourth-order valence-electron chi connectivity index (χ4n) is 2.51. The number of aryl methyl sites for hydroxylation is 1. The van der Waals surface area contributed by atoms with Gasteiger partial charge in [0, 0.05) is 6.08 Å². The zero-order valence-corrected chi connectivity index (χ0v) is 12.2. The van der Waals surface area contributed by atoms with Crippen molar-refractivity contribution in [3.05, 3.63) is 29.3 Å². The van der Waals surface area contributed by atoms with E-state index in [0.29, 0.717) is 12.4 Å². The molecule has 0 unspecified atom stereocenters. The van der Waals surface area contributed by atoms with E-state index >= 15 is 0 Å². The van der Waals surface area contributed by atoms with Crippen LogP contribution >= 0.6 is 0 Å².